The van der Waals surface area contributed by atoms with Gasteiger partial charge in [-0.2, -0.15) is 0 Å². The van der Waals surface area contributed by atoms with E-state index in [1.165, 1.54) is 13.2 Å². The Morgan fingerprint density at radius 1 is 1.31 bits per heavy atom. The van der Waals surface area contributed by atoms with Crippen LogP contribution in [0.4, 0.5) is 8.78 Å². The van der Waals surface area contributed by atoms with E-state index in [-0.39, 0.29) is 11.3 Å². The fourth-order valence-corrected chi connectivity index (χ4v) is 1.92. The Morgan fingerprint density at radius 3 is 2.44 bits per heavy atom. The van der Waals surface area contributed by atoms with Crippen LogP contribution in [0.25, 0.3) is 0 Å². The molecule has 0 unspecified atom stereocenters. The topological polar surface area (TPSA) is 26.3 Å². The summed E-state index contributed by atoms with van der Waals surface area (Å²) >= 11 is 0. The van der Waals surface area contributed by atoms with Crippen LogP contribution in [0.15, 0.2) is 18.2 Å². The second kappa shape index (κ2) is 3.94. The van der Waals surface area contributed by atoms with Crippen LogP contribution in [-0.2, 0) is 4.74 Å². The third-order valence-corrected chi connectivity index (χ3v) is 3.15. The molecule has 0 aromatic heterocycles. The van der Waals surface area contributed by atoms with Crippen LogP contribution >= 0.6 is 0 Å². The Morgan fingerprint density at radius 2 is 2.00 bits per heavy atom. The normalized spacial score (nSPS) is 17.9. The van der Waals surface area contributed by atoms with Gasteiger partial charge in [-0.15, -0.1) is 0 Å². The summed E-state index contributed by atoms with van der Waals surface area (Å²) in [5.74, 6) is -2.21. The van der Waals surface area contributed by atoms with Crippen molar-refractivity contribution < 1.29 is 18.3 Å². The molecule has 1 fully saturated rings. The number of hydrogen-bond acceptors (Lipinski definition) is 2. The summed E-state index contributed by atoms with van der Waals surface area (Å²) in [5, 5.41) is 0. The summed E-state index contributed by atoms with van der Waals surface area (Å²) in [6, 6.07) is 3.18. The first kappa shape index (κ1) is 11.2. The van der Waals surface area contributed by atoms with Crippen LogP contribution in [0.3, 0.4) is 0 Å². The molecule has 1 aromatic rings. The van der Waals surface area contributed by atoms with Gasteiger partial charge in [0.2, 0.25) is 0 Å². The molecule has 0 spiro atoms. The molecule has 0 radical (unpaired) electrons. The molecule has 1 aliphatic rings. The molecule has 2 rings (SSSR count). The monoisotopic (exact) mass is 226 g/mol. The number of carbonyl (C=O) groups excluding carboxylic acids is 1. The van der Waals surface area contributed by atoms with Gasteiger partial charge in [-0.25, -0.2) is 8.78 Å². The van der Waals surface area contributed by atoms with Crippen LogP contribution in [0.5, 0.6) is 0 Å². The molecule has 86 valence electrons. The summed E-state index contributed by atoms with van der Waals surface area (Å²) in [5.41, 5.74) is -0.648. The van der Waals surface area contributed by atoms with E-state index in [2.05, 4.69) is 0 Å². The minimum absolute atomic E-state index is 0.167. The van der Waals surface area contributed by atoms with E-state index in [9.17, 15) is 13.6 Å². The van der Waals surface area contributed by atoms with Gasteiger partial charge in [0.05, 0.1) is 0 Å². The molecular formula is C12H12F2O2. The molecule has 0 atom stereocenters. The van der Waals surface area contributed by atoms with Crippen molar-refractivity contribution in [3.8, 4) is 0 Å². The van der Waals surface area contributed by atoms with Gasteiger partial charge in [0.1, 0.15) is 5.60 Å². The third kappa shape index (κ3) is 1.63. The highest BCUT2D eigenvalue weighted by Crippen LogP contribution is 2.38. The van der Waals surface area contributed by atoms with Gasteiger partial charge in [0.25, 0.3) is 0 Å². The van der Waals surface area contributed by atoms with Crippen LogP contribution < -0.4 is 0 Å². The molecule has 0 bridgehead atoms. The number of hydrogen-bond donors (Lipinski definition) is 0. The lowest BCUT2D eigenvalue weighted by Crippen LogP contribution is -2.47. The number of ketones is 1. The molecule has 2 nitrogen and oxygen atoms in total. The van der Waals surface area contributed by atoms with E-state index in [1.54, 1.807) is 0 Å². The largest absolute Gasteiger partial charge is 0.370 e. The third-order valence-electron chi connectivity index (χ3n) is 3.15. The van der Waals surface area contributed by atoms with Crippen LogP contribution in [0.1, 0.15) is 29.6 Å². The summed E-state index contributed by atoms with van der Waals surface area (Å²) in [4.78, 5) is 12.0. The van der Waals surface area contributed by atoms with Crippen molar-refractivity contribution in [2.45, 2.75) is 24.9 Å². The number of benzene rings is 1. The van der Waals surface area contributed by atoms with Crippen LogP contribution in [0.2, 0.25) is 0 Å². The highest BCUT2D eigenvalue weighted by atomic mass is 19.2. The molecule has 1 saturated carbocycles. The van der Waals surface area contributed by atoms with Crippen molar-refractivity contribution >= 4 is 5.78 Å². The summed E-state index contributed by atoms with van der Waals surface area (Å²) in [6.07, 6.45) is 2.20. The molecule has 0 amide bonds. The van der Waals surface area contributed by atoms with Crippen molar-refractivity contribution in [1.82, 2.24) is 0 Å². The second-order valence-corrected chi connectivity index (χ2v) is 4.01. The molecule has 0 N–H and O–H groups in total. The van der Waals surface area contributed by atoms with E-state index in [1.807, 2.05) is 0 Å². The predicted octanol–water partition coefficient (Wildman–Crippen LogP) is 2.72. The van der Waals surface area contributed by atoms with E-state index in [0.717, 1.165) is 18.6 Å². The maximum absolute atomic E-state index is 13.0. The average molecular weight is 226 g/mol. The standard InChI is InChI=1S/C12H12F2O2/c1-16-12(5-2-6-12)11(15)8-3-4-9(13)10(14)7-8/h3-4,7H,2,5-6H2,1H3. The van der Waals surface area contributed by atoms with Crippen molar-refractivity contribution in [1.29, 1.82) is 0 Å². The van der Waals surface area contributed by atoms with Crippen molar-refractivity contribution in [3.63, 3.8) is 0 Å². The highest BCUT2D eigenvalue weighted by Gasteiger charge is 2.44. The summed E-state index contributed by atoms with van der Waals surface area (Å²) in [7, 11) is 1.47. The van der Waals surface area contributed by atoms with Crippen molar-refractivity contribution in [2.24, 2.45) is 0 Å². The minimum atomic E-state index is -1.00. The molecule has 0 heterocycles. The number of Topliss-reactive ketones (excluding diaryl/α,β-unsaturated/α-hetero) is 1. The summed E-state index contributed by atoms with van der Waals surface area (Å²) in [6.45, 7) is 0. The lowest BCUT2D eigenvalue weighted by Gasteiger charge is -2.38. The lowest BCUT2D eigenvalue weighted by molar-refractivity contribution is -0.0448. The molecule has 4 heteroatoms. The zero-order valence-electron chi connectivity index (χ0n) is 8.93. The van der Waals surface area contributed by atoms with E-state index < -0.39 is 17.2 Å². The van der Waals surface area contributed by atoms with E-state index >= 15 is 0 Å². The first-order valence-electron chi connectivity index (χ1n) is 5.14. The maximum atomic E-state index is 13.0. The number of rotatable bonds is 3. The van der Waals surface area contributed by atoms with Gasteiger partial charge in [0, 0.05) is 12.7 Å². The Labute approximate surface area is 92.2 Å². The van der Waals surface area contributed by atoms with Gasteiger partial charge in [-0.05, 0) is 37.5 Å². The zero-order chi connectivity index (χ0) is 11.8. The van der Waals surface area contributed by atoms with Gasteiger partial charge in [-0.1, -0.05) is 0 Å². The lowest BCUT2D eigenvalue weighted by atomic mass is 9.75. The molecule has 0 aliphatic heterocycles. The molecule has 16 heavy (non-hydrogen) atoms. The fraction of sp³-hybridized carbons (Fsp3) is 0.417. The van der Waals surface area contributed by atoms with E-state index in [4.69, 9.17) is 4.74 Å². The number of methoxy groups -OCH3 is 1. The number of ether oxygens (including phenoxy) is 1. The quantitative estimate of drug-likeness (QED) is 0.741. The zero-order valence-corrected chi connectivity index (χ0v) is 8.93. The smallest absolute Gasteiger partial charge is 0.194 e. The SMILES string of the molecule is COC1(C(=O)c2ccc(F)c(F)c2)CCC1. The fourth-order valence-electron chi connectivity index (χ4n) is 1.92. The number of halogens is 2. The van der Waals surface area contributed by atoms with Crippen molar-refractivity contribution in [3.05, 3.63) is 35.4 Å². The molecule has 1 aliphatic carbocycles. The Hall–Kier alpha value is -1.29. The Bertz CT molecular complexity index is 420. The Kier molecular flexibility index (Phi) is 2.76. The Balaban J connectivity index is 2.30. The molecular weight excluding hydrogens is 214 g/mol. The predicted molar refractivity (Wildman–Crippen MR) is 54.3 cm³/mol. The van der Waals surface area contributed by atoms with E-state index in [0.29, 0.717) is 12.8 Å². The van der Waals surface area contributed by atoms with Crippen LogP contribution in [0, 0.1) is 11.6 Å². The summed E-state index contributed by atoms with van der Waals surface area (Å²) < 4.78 is 30.9. The van der Waals surface area contributed by atoms with Gasteiger partial charge in [-0.3, -0.25) is 4.79 Å². The maximum Gasteiger partial charge on any atom is 0.194 e. The number of carbonyl (C=O) groups is 1. The van der Waals surface area contributed by atoms with Crippen LogP contribution in [-0.4, -0.2) is 18.5 Å². The van der Waals surface area contributed by atoms with Gasteiger partial charge >= 0.3 is 0 Å². The average Bonchev–Trinajstić information content (AvgIpc) is 2.21. The minimum Gasteiger partial charge on any atom is -0.370 e. The second-order valence-electron chi connectivity index (χ2n) is 4.01. The molecule has 1 aromatic carbocycles. The van der Waals surface area contributed by atoms with Crippen molar-refractivity contribution in [2.75, 3.05) is 7.11 Å². The first-order valence-corrected chi connectivity index (χ1v) is 5.14. The van der Waals surface area contributed by atoms with Gasteiger partial charge < -0.3 is 4.74 Å². The van der Waals surface area contributed by atoms with Gasteiger partial charge in [0.15, 0.2) is 17.4 Å². The highest BCUT2D eigenvalue weighted by molar-refractivity contribution is 6.03. The first-order chi connectivity index (χ1) is 7.59. The molecule has 0 saturated heterocycles.